The summed E-state index contributed by atoms with van der Waals surface area (Å²) in [6.45, 7) is 1.78. The molecule has 3 aromatic heterocycles. The Morgan fingerprint density at radius 2 is 1.88 bits per heavy atom. The third-order valence-electron chi connectivity index (χ3n) is 4.15. The average Bonchev–Trinajstić information content (AvgIpc) is 3.09. The molecule has 1 N–H and O–H groups in total. The Kier molecular flexibility index (Phi) is 3.40. The Morgan fingerprint density at radius 3 is 2.56 bits per heavy atom. The zero-order valence-corrected chi connectivity index (χ0v) is 13.4. The summed E-state index contributed by atoms with van der Waals surface area (Å²) in [6, 6.07) is 15.1. The van der Waals surface area contributed by atoms with E-state index in [2.05, 4.69) is 21.1 Å². The minimum absolute atomic E-state index is 0.260. The highest BCUT2D eigenvalue weighted by atomic mass is 16.1. The van der Waals surface area contributed by atoms with Crippen LogP contribution in [0.15, 0.2) is 59.7 Å². The zero-order chi connectivity index (χ0) is 17.4. The molecule has 0 bridgehead atoms. The van der Waals surface area contributed by atoms with Crippen LogP contribution < -0.4 is 5.56 Å². The molecule has 4 rings (SSSR count). The highest BCUT2D eigenvalue weighted by Gasteiger charge is 2.19. The van der Waals surface area contributed by atoms with Gasteiger partial charge in [0.2, 0.25) is 0 Å². The van der Waals surface area contributed by atoms with Crippen LogP contribution in [0.5, 0.6) is 0 Å². The number of rotatable bonds is 2. The fourth-order valence-electron chi connectivity index (χ4n) is 2.94. The summed E-state index contributed by atoms with van der Waals surface area (Å²) in [5.41, 5.74) is 3.17. The molecule has 0 spiro atoms. The van der Waals surface area contributed by atoms with Gasteiger partial charge in [0.1, 0.15) is 6.07 Å². The fourth-order valence-corrected chi connectivity index (χ4v) is 2.94. The van der Waals surface area contributed by atoms with Gasteiger partial charge in [0, 0.05) is 18.0 Å². The van der Waals surface area contributed by atoms with E-state index in [4.69, 9.17) is 0 Å². The third kappa shape index (κ3) is 2.30. The highest BCUT2D eigenvalue weighted by molar-refractivity contribution is 5.75. The van der Waals surface area contributed by atoms with Gasteiger partial charge >= 0.3 is 0 Å². The molecule has 120 valence electrons. The number of nitrogens with zero attached hydrogens (tertiary/aromatic N) is 4. The molecular weight excluding hydrogens is 314 g/mol. The van der Waals surface area contributed by atoms with Crippen LogP contribution in [0.2, 0.25) is 0 Å². The zero-order valence-electron chi connectivity index (χ0n) is 13.4. The van der Waals surface area contributed by atoms with E-state index in [1.165, 1.54) is 4.52 Å². The molecule has 0 aliphatic rings. The summed E-state index contributed by atoms with van der Waals surface area (Å²) in [4.78, 5) is 20.2. The average molecular weight is 327 g/mol. The van der Waals surface area contributed by atoms with Gasteiger partial charge in [-0.1, -0.05) is 30.3 Å². The van der Waals surface area contributed by atoms with Crippen molar-refractivity contribution in [1.82, 2.24) is 19.6 Å². The first-order chi connectivity index (χ1) is 12.2. The summed E-state index contributed by atoms with van der Waals surface area (Å²) in [6.07, 6.45) is 3.32. The lowest BCUT2D eigenvalue weighted by molar-refractivity contribution is 0.920. The van der Waals surface area contributed by atoms with E-state index in [1.54, 1.807) is 25.4 Å². The van der Waals surface area contributed by atoms with Crippen molar-refractivity contribution in [2.75, 3.05) is 0 Å². The Balaban J connectivity index is 2.08. The van der Waals surface area contributed by atoms with Gasteiger partial charge in [0.25, 0.3) is 5.56 Å². The number of H-pyrrole nitrogens is 1. The van der Waals surface area contributed by atoms with Crippen LogP contribution in [0, 0.1) is 18.3 Å². The molecular formula is C19H13N5O. The van der Waals surface area contributed by atoms with Crippen molar-refractivity contribution in [1.29, 1.82) is 5.26 Å². The summed E-state index contributed by atoms with van der Waals surface area (Å²) < 4.78 is 1.26. The van der Waals surface area contributed by atoms with Gasteiger partial charge in [-0.15, -0.1) is 5.10 Å². The molecule has 0 saturated heterocycles. The molecule has 1 aromatic carbocycles. The highest BCUT2D eigenvalue weighted by Crippen LogP contribution is 2.25. The van der Waals surface area contributed by atoms with Crippen molar-refractivity contribution in [3.05, 3.63) is 76.3 Å². The van der Waals surface area contributed by atoms with E-state index in [1.807, 2.05) is 36.4 Å². The molecule has 0 fully saturated rings. The van der Waals surface area contributed by atoms with E-state index < -0.39 is 0 Å². The molecule has 6 heteroatoms. The van der Waals surface area contributed by atoms with Gasteiger partial charge in [-0.05, 0) is 30.2 Å². The Morgan fingerprint density at radius 1 is 1.12 bits per heavy atom. The molecule has 3 heterocycles. The standard InChI is InChI=1S/C19H13N5O/c1-12-15(10-20)18-22-17(14-8-5-9-21-11-14)23-24(18)19(25)16(12)13-6-3-2-4-7-13/h2-9,11H,1H3,(H,22,23). The maximum absolute atomic E-state index is 13.0. The van der Waals surface area contributed by atoms with E-state index in [9.17, 15) is 10.1 Å². The monoisotopic (exact) mass is 327 g/mol. The van der Waals surface area contributed by atoms with Gasteiger partial charge in [0.15, 0.2) is 11.5 Å². The minimum Gasteiger partial charge on any atom is -0.322 e. The topological polar surface area (TPSA) is 86.8 Å². The maximum atomic E-state index is 13.0. The van der Waals surface area contributed by atoms with Crippen LogP contribution in [0.1, 0.15) is 11.1 Å². The molecule has 0 atom stereocenters. The number of nitriles is 1. The molecule has 4 aromatic rings. The van der Waals surface area contributed by atoms with Crippen LogP contribution >= 0.6 is 0 Å². The van der Waals surface area contributed by atoms with Crippen molar-refractivity contribution in [2.24, 2.45) is 0 Å². The smallest absolute Gasteiger partial charge is 0.281 e. The van der Waals surface area contributed by atoms with Crippen molar-refractivity contribution < 1.29 is 0 Å². The Labute approximate surface area is 143 Å². The van der Waals surface area contributed by atoms with E-state index in [0.717, 1.165) is 11.1 Å². The molecule has 0 saturated carbocycles. The fraction of sp³-hybridized carbons (Fsp3) is 0.0526. The predicted molar refractivity (Wildman–Crippen MR) is 93.9 cm³/mol. The first kappa shape index (κ1) is 14.8. The molecule has 25 heavy (non-hydrogen) atoms. The lowest BCUT2D eigenvalue weighted by Crippen LogP contribution is -2.19. The molecule has 0 amide bonds. The van der Waals surface area contributed by atoms with E-state index >= 15 is 0 Å². The van der Waals surface area contributed by atoms with Crippen molar-refractivity contribution in [3.8, 4) is 28.6 Å². The number of fused-ring (bicyclic) bond motifs is 1. The number of nitrogens with one attached hydrogen (secondary N) is 1. The van der Waals surface area contributed by atoms with Gasteiger partial charge in [-0.3, -0.25) is 9.78 Å². The van der Waals surface area contributed by atoms with E-state index in [0.29, 0.717) is 28.2 Å². The van der Waals surface area contributed by atoms with Crippen LogP contribution in [0.3, 0.4) is 0 Å². The molecule has 0 radical (unpaired) electrons. The van der Waals surface area contributed by atoms with Crippen LogP contribution in [0.25, 0.3) is 28.2 Å². The number of aromatic amines is 1. The first-order valence-electron chi connectivity index (χ1n) is 7.72. The Hall–Kier alpha value is -3.72. The second-order valence-corrected chi connectivity index (χ2v) is 5.63. The summed E-state index contributed by atoms with van der Waals surface area (Å²) in [7, 11) is 0. The third-order valence-corrected chi connectivity index (χ3v) is 4.15. The van der Waals surface area contributed by atoms with Crippen LogP contribution in [0.4, 0.5) is 0 Å². The lowest BCUT2D eigenvalue weighted by atomic mass is 9.99. The largest absolute Gasteiger partial charge is 0.322 e. The normalized spacial score (nSPS) is 10.7. The van der Waals surface area contributed by atoms with Gasteiger partial charge < -0.3 is 4.98 Å². The van der Waals surface area contributed by atoms with Crippen molar-refractivity contribution >= 4 is 5.65 Å². The van der Waals surface area contributed by atoms with Gasteiger partial charge in [0.05, 0.1) is 11.1 Å². The Bertz CT molecular complexity index is 1170. The summed E-state index contributed by atoms with van der Waals surface area (Å²) in [5, 5.41) is 14.0. The summed E-state index contributed by atoms with van der Waals surface area (Å²) >= 11 is 0. The number of aromatic nitrogens is 4. The van der Waals surface area contributed by atoms with Crippen LogP contribution in [-0.2, 0) is 0 Å². The number of benzene rings is 1. The molecule has 0 aliphatic heterocycles. The van der Waals surface area contributed by atoms with E-state index in [-0.39, 0.29) is 5.56 Å². The first-order valence-corrected chi connectivity index (χ1v) is 7.72. The summed E-state index contributed by atoms with van der Waals surface area (Å²) in [5.74, 6) is 0.492. The van der Waals surface area contributed by atoms with Gasteiger partial charge in [-0.25, -0.2) is 0 Å². The molecule has 0 aliphatic carbocycles. The molecule has 6 nitrogen and oxygen atoms in total. The second kappa shape index (κ2) is 5.73. The number of hydrogen-bond donors (Lipinski definition) is 1. The number of hydrogen-bond acceptors (Lipinski definition) is 4. The SMILES string of the molecule is Cc1c(-c2ccccc2)c(=O)n2nc(-c3cccnc3)[nH]c2c1C#N. The van der Waals surface area contributed by atoms with Gasteiger partial charge in [-0.2, -0.15) is 9.78 Å². The van der Waals surface area contributed by atoms with Crippen LogP contribution in [-0.4, -0.2) is 19.6 Å². The van der Waals surface area contributed by atoms with Crippen molar-refractivity contribution in [3.63, 3.8) is 0 Å². The minimum atomic E-state index is -0.260. The maximum Gasteiger partial charge on any atom is 0.281 e. The molecule has 0 unspecified atom stereocenters. The lowest BCUT2D eigenvalue weighted by Gasteiger charge is -2.07. The quantitative estimate of drug-likeness (QED) is 0.613. The number of pyridine rings is 2. The van der Waals surface area contributed by atoms with Crippen molar-refractivity contribution in [2.45, 2.75) is 6.92 Å². The predicted octanol–water partition coefficient (Wildman–Crippen LogP) is 2.93. The second-order valence-electron chi connectivity index (χ2n) is 5.63.